The maximum Gasteiger partial charge on any atom is 0.272 e. The smallest absolute Gasteiger partial charge is 0.272 e. The molecule has 28 heavy (non-hydrogen) atoms. The third kappa shape index (κ3) is 3.59. The summed E-state index contributed by atoms with van der Waals surface area (Å²) in [6.45, 7) is 0.260. The number of allylic oxidation sites excluding steroid dienone is 1. The molecule has 0 fully saturated rings. The standard InChI is InChI=1S/C21H19N3O4/c1-26-16-10-17(27-2)12-18(11-16)28-13-14-8-19-22-21(15-6-4-3-5-7-15)23-24(19)20(25)9-14/h3-7,9-12H,8,13H2,1-2H3. The molecule has 0 N–H and O–H groups in total. The second-order valence-corrected chi connectivity index (χ2v) is 6.28. The number of carbonyl (C=O) groups is 1. The van der Waals surface area contributed by atoms with Crippen LogP contribution in [0.25, 0.3) is 11.4 Å². The van der Waals surface area contributed by atoms with Crippen molar-refractivity contribution in [3.05, 3.63) is 66.0 Å². The molecule has 0 atom stereocenters. The topological polar surface area (TPSA) is 75.5 Å². The lowest BCUT2D eigenvalue weighted by Crippen LogP contribution is -2.21. The third-order valence-corrected chi connectivity index (χ3v) is 4.38. The van der Waals surface area contributed by atoms with Crippen LogP contribution in [-0.4, -0.2) is 41.5 Å². The van der Waals surface area contributed by atoms with Crippen molar-refractivity contribution in [1.82, 2.24) is 14.8 Å². The number of fused-ring (bicyclic) bond motifs is 1. The van der Waals surface area contributed by atoms with Crippen molar-refractivity contribution in [2.45, 2.75) is 6.42 Å². The van der Waals surface area contributed by atoms with E-state index in [4.69, 9.17) is 14.2 Å². The summed E-state index contributed by atoms with van der Waals surface area (Å²) < 4.78 is 17.7. The van der Waals surface area contributed by atoms with E-state index in [9.17, 15) is 4.79 Å². The molecule has 7 nitrogen and oxygen atoms in total. The first-order valence-corrected chi connectivity index (χ1v) is 8.77. The van der Waals surface area contributed by atoms with Crippen LogP contribution in [0.15, 0.2) is 60.2 Å². The highest BCUT2D eigenvalue weighted by Gasteiger charge is 2.22. The number of carbonyl (C=O) groups excluding carboxylic acids is 1. The van der Waals surface area contributed by atoms with E-state index in [1.165, 1.54) is 4.68 Å². The number of hydrogen-bond acceptors (Lipinski definition) is 6. The molecule has 1 aliphatic heterocycles. The van der Waals surface area contributed by atoms with E-state index in [0.717, 1.165) is 11.1 Å². The van der Waals surface area contributed by atoms with Crippen LogP contribution < -0.4 is 14.2 Å². The van der Waals surface area contributed by atoms with Crippen LogP contribution >= 0.6 is 0 Å². The zero-order valence-electron chi connectivity index (χ0n) is 15.6. The van der Waals surface area contributed by atoms with Crippen LogP contribution in [-0.2, 0) is 6.42 Å². The van der Waals surface area contributed by atoms with Gasteiger partial charge in [-0.25, -0.2) is 4.98 Å². The van der Waals surface area contributed by atoms with Crippen LogP contribution in [0.1, 0.15) is 10.6 Å². The summed E-state index contributed by atoms with van der Waals surface area (Å²) in [6.07, 6.45) is 2.04. The van der Waals surface area contributed by atoms with Crippen molar-refractivity contribution in [2.24, 2.45) is 0 Å². The van der Waals surface area contributed by atoms with Gasteiger partial charge in [-0.15, -0.1) is 5.10 Å². The summed E-state index contributed by atoms with van der Waals surface area (Å²) in [5.74, 6) is 2.79. The minimum atomic E-state index is -0.224. The molecule has 2 aromatic carbocycles. The lowest BCUT2D eigenvalue weighted by molar-refractivity contribution is 0.0943. The maximum atomic E-state index is 12.4. The van der Waals surface area contributed by atoms with E-state index in [1.807, 2.05) is 30.3 Å². The molecular weight excluding hydrogens is 358 g/mol. The zero-order chi connectivity index (χ0) is 19.5. The molecule has 0 amide bonds. The Balaban J connectivity index is 1.50. The molecule has 0 unspecified atom stereocenters. The Bertz CT molecular complexity index is 1020. The fourth-order valence-electron chi connectivity index (χ4n) is 2.97. The van der Waals surface area contributed by atoms with Crippen molar-refractivity contribution in [3.63, 3.8) is 0 Å². The maximum absolute atomic E-state index is 12.4. The molecule has 1 aromatic heterocycles. The predicted molar refractivity (Wildman–Crippen MR) is 103 cm³/mol. The minimum absolute atomic E-state index is 0.224. The molecule has 0 aliphatic carbocycles. The highest BCUT2D eigenvalue weighted by atomic mass is 16.5. The number of ether oxygens (including phenoxy) is 3. The van der Waals surface area contributed by atoms with Gasteiger partial charge in [0.2, 0.25) is 0 Å². The van der Waals surface area contributed by atoms with Gasteiger partial charge in [0.15, 0.2) is 5.82 Å². The first-order chi connectivity index (χ1) is 13.7. The van der Waals surface area contributed by atoms with Crippen LogP contribution in [0, 0.1) is 0 Å². The van der Waals surface area contributed by atoms with Gasteiger partial charge in [-0.1, -0.05) is 30.3 Å². The van der Waals surface area contributed by atoms with Crippen LogP contribution in [0.4, 0.5) is 0 Å². The summed E-state index contributed by atoms with van der Waals surface area (Å²) in [5, 5.41) is 4.34. The number of aromatic nitrogens is 3. The normalized spacial score (nSPS) is 12.9. The monoisotopic (exact) mass is 377 g/mol. The largest absolute Gasteiger partial charge is 0.496 e. The fraction of sp³-hybridized carbons (Fsp3) is 0.190. The number of methoxy groups -OCH3 is 2. The van der Waals surface area contributed by atoms with Gasteiger partial charge in [-0.2, -0.15) is 4.68 Å². The predicted octanol–water partition coefficient (Wildman–Crippen LogP) is 3.16. The third-order valence-electron chi connectivity index (χ3n) is 4.38. The van der Waals surface area contributed by atoms with Crippen molar-refractivity contribution in [1.29, 1.82) is 0 Å². The zero-order valence-corrected chi connectivity index (χ0v) is 15.6. The average Bonchev–Trinajstić information content (AvgIpc) is 3.17. The van der Waals surface area contributed by atoms with Gasteiger partial charge in [0.05, 0.1) is 14.2 Å². The van der Waals surface area contributed by atoms with Crippen LogP contribution in [0.2, 0.25) is 0 Å². The molecule has 1 aliphatic rings. The van der Waals surface area contributed by atoms with Gasteiger partial charge >= 0.3 is 0 Å². The number of benzene rings is 2. The van der Waals surface area contributed by atoms with Crippen molar-refractivity contribution in [2.75, 3.05) is 20.8 Å². The second-order valence-electron chi connectivity index (χ2n) is 6.28. The summed E-state index contributed by atoms with van der Waals surface area (Å²) in [6, 6.07) is 14.9. The Morgan fingerprint density at radius 3 is 2.36 bits per heavy atom. The molecule has 2 heterocycles. The Labute approximate surface area is 162 Å². The summed E-state index contributed by atoms with van der Waals surface area (Å²) in [7, 11) is 3.16. The lowest BCUT2D eigenvalue weighted by Gasteiger charge is -2.14. The Hall–Kier alpha value is -3.61. The quantitative estimate of drug-likeness (QED) is 0.657. The van der Waals surface area contributed by atoms with Crippen molar-refractivity contribution < 1.29 is 19.0 Å². The van der Waals surface area contributed by atoms with Gasteiger partial charge in [-0.3, -0.25) is 4.79 Å². The van der Waals surface area contributed by atoms with Gasteiger partial charge in [-0.05, 0) is 5.57 Å². The molecule has 0 saturated carbocycles. The lowest BCUT2D eigenvalue weighted by atomic mass is 10.1. The summed E-state index contributed by atoms with van der Waals surface area (Å²) >= 11 is 0. The Morgan fingerprint density at radius 1 is 1.00 bits per heavy atom. The molecule has 0 saturated heterocycles. The highest BCUT2D eigenvalue weighted by Crippen LogP contribution is 2.28. The summed E-state index contributed by atoms with van der Waals surface area (Å²) in [5.41, 5.74) is 1.70. The molecule has 0 bridgehead atoms. The van der Waals surface area contributed by atoms with Crippen molar-refractivity contribution >= 4 is 5.91 Å². The van der Waals surface area contributed by atoms with Gasteiger partial charge in [0, 0.05) is 36.3 Å². The molecule has 0 radical (unpaired) electrons. The van der Waals surface area contributed by atoms with E-state index in [0.29, 0.717) is 35.3 Å². The molecule has 0 spiro atoms. The second kappa shape index (κ2) is 7.56. The van der Waals surface area contributed by atoms with E-state index in [1.54, 1.807) is 38.5 Å². The number of rotatable bonds is 6. The van der Waals surface area contributed by atoms with Crippen molar-refractivity contribution in [3.8, 4) is 28.6 Å². The molecule has 3 aromatic rings. The molecule has 4 rings (SSSR count). The Kier molecular flexibility index (Phi) is 4.80. The van der Waals surface area contributed by atoms with E-state index in [-0.39, 0.29) is 12.5 Å². The van der Waals surface area contributed by atoms with E-state index in [2.05, 4.69) is 10.1 Å². The summed E-state index contributed by atoms with van der Waals surface area (Å²) in [4.78, 5) is 17.0. The van der Waals surface area contributed by atoms with Crippen LogP contribution in [0.3, 0.4) is 0 Å². The first-order valence-electron chi connectivity index (χ1n) is 8.77. The Morgan fingerprint density at radius 2 is 1.68 bits per heavy atom. The number of hydrogen-bond donors (Lipinski definition) is 0. The first kappa shape index (κ1) is 17.8. The van der Waals surface area contributed by atoms with Gasteiger partial charge in [0.25, 0.3) is 5.91 Å². The minimum Gasteiger partial charge on any atom is -0.496 e. The highest BCUT2D eigenvalue weighted by molar-refractivity contribution is 5.91. The molecule has 142 valence electrons. The van der Waals surface area contributed by atoms with Crippen LogP contribution in [0.5, 0.6) is 17.2 Å². The SMILES string of the molecule is COc1cc(OC)cc(OCC2=CC(=O)n3nc(-c4ccccc4)nc3C2)c1. The van der Waals surface area contributed by atoms with Gasteiger partial charge in [0.1, 0.15) is 29.7 Å². The fourth-order valence-corrected chi connectivity index (χ4v) is 2.97. The van der Waals surface area contributed by atoms with Gasteiger partial charge < -0.3 is 14.2 Å². The molecule has 7 heteroatoms. The molecular formula is C21H19N3O4. The van der Waals surface area contributed by atoms with E-state index < -0.39 is 0 Å². The number of nitrogens with zero attached hydrogens (tertiary/aromatic N) is 3. The van der Waals surface area contributed by atoms with E-state index >= 15 is 0 Å². The average molecular weight is 377 g/mol.